The van der Waals surface area contributed by atoms with Gasteiger partial charge in [0.2, 0.25) is 0 Å². The first-order valence-electron chi connectivity index (χ1n) is 6.45. The van der Waals surface area contributed by atoms with Gasteiger partial charge in [-0.2, -0.15) is 4.57 Å². The number of aromatic nitrogens is 1. The number of Topliss-reactive ketones (excluding diaryl/α,β-unsaturated/α-hetero) is 1. The number of carbonyl (C=O) groups is 1. The van der Waals surface area contributed by atoms with Gasteiger partial charge in [0.15, 0.2) is 18.1 Å². The van der Waals surface area contributed by atoms with Gasteiger partial charge in [-0.05, 0) is 25.8 Å². The van der Waals surface area contributed by atoms with Gasteiger partial charge in [-0.1, -0.05) is 6.07 Å². The molecule has 0 radical (unpaired) electrons. The van der Waals surface area contributed by atoms with Crippen molar-refractivity contribution < 1.29 is 34.5 Å². The molecule has 126 valence electrons. The third-order valence-corrected chi connectivity index (χ3v) is 2.97. The van der Waals surface area contributed by atoms with Crippen LogP contribution in [0, 0.1) is 5.92 Å². The summed E-state index contributed by atoms with van der Waals surface area (Å²) in [7, 11) is -10.7. The van der Waals surface area contributed by atoms with E-state index in [2.05, 4.69) is 10.6 Å². The van der Waals surface area contributed by atoms with E-state index in [1.54, 1.807) is 6.92 Å². The molecule has 1 unspecified atom stereocenters. The summed E-state index contributed by atoms with van der Waals surface area (Å²) >= 11 is 0. The number of hydrogen-bond donors (Lipinski definition) is 0. The second-order valence-electron chi connectivity index (χ2n) is 5.03. The van der Waals surface area contributed by atoms with Crippen LogP contribution in [0.2, 0.25) is 0 Å². The predicted molar refractivity (Wildman–Crippen MR) is 72.5 cm³/mol. The van der Waals surface area contributed by atoms with Crippen LogP contribution in [0.25, 0.3) is 5.70 Å². The summed E-state index contributed by atoms with van der Waals surface area (Å²) in [6.07, 6.45) is 9.21. The first kappa shape index (κ1) is 18.6. The van der Waals surface area contributed by atoms with Crippen molar-refractivity contribution in [1.82, 2.24) is 0 Å². The topological polar surface area (TPSA) is 20.9 Å². The molecule has 1 aliphatic rings. The van der Waals surface area contributed by atoms with Crippen molar-refractivity contribution in [2.75, 3.05) is 0 Å². The molecule has 0 aliphatic heterocycles. The zero-order valence-corrected chi connectivity index (χ0v) is 12.6. The Bertz CT molecular complexity index is 555. The van der Waals surface area contributed by atoms with E-state index in [0.717, 1.165) is 19.3 Å². The fraction of sp³-hybridized carbons (Fsp3) is 0.385. The van der Waals surface area contributed by atoms with Crippen LogP contribution in [0.5, 0.6) is 0 Å². The van der Waals surface area contributed by atoms with Gasteiger partial charge in [0.05, 0.1) is 0 Å². The Morgan fingerprint density at radius 3 is 2.05 bits per heavy atom. The normalized spacial score (nSPS) is 21.6. The molecule has 0 saturated heterocycles. The number of pyridine rings is 1. The van der Waals surface area contributed by atoms with E-state index < -0.39 is 7.81 Å². The maximum atomic E-state index is 11.3. The number of carbonyl (C=O) groups excluding carboxylic acids is 1. The molecule has 2 nitrogen and oxygen atoms in total. The molecule has 1 atom stereocenters. The van der Waals surface area contributed by atoms with E-state index in [1.807, 2.05) is 30.6 Å². The van der Waals surface area contributed by atoms with Crippen molar-refractivity contribution in [3.63, 3.8) is 0 Å². The van der Waals surface area contributed by atoms with Crippen molar-refractivity contribution in [2.24, 2.45) is 5.92 Å². The summed E-state index contributed by atoms with van der Waals surface area (Å²) in [6.45, 7) is 1.70. The summed E-state index contributed by atoms with van der Waals surface area (Å²) in [6, 6.07) is 6.03. The summed E-state index contributed by atoms with van der Waals surface area (Å²) in [5, 5.41) is 0. The molecule has 0 N–H and O–H groups in total. The Hall–Kier alpha value is -1.43. The minimum atomic E-state index is -10.7. The Labute approximate surface area is 123 Å². The molecule has 0 fully saturated rings. The van der Waals surface area contributed by atoms with Crippen LogP contribution < -0.4 is 4.57 Å². The molecular weight excluding hydrogens is 331 g/mol. The number of halogens is 6. The molecule has 0 bridgehead atoms. The monoisotopic (exact) mass is 347 g/mol. The Balaban J connectivity index is 0.000000295. The third-order valence-electron chi connectivity index (χ3n) is 2.97. The first-order valence-corrected chi connectivity index (χ1v) is 8.48. The number of rotatable bonds is 2. The fourth-order valence-corrected chi connectivity index (χ4v) is 2.04. The quantitative estimate of drug-likeness (QED) is 0.388. The Morgan fingerprint density at radius 1 is 1.09 bits per heavy atom. The fourth-order valence-electron chi connectivity index (χ4n) is 2.04. The summed E-state index contributed by atoms with van der Waals surface area (Å²) < 4.78 is 61.3. The number of ketones is 1. The van der Waals surface area contributed by atoms with Crippen molar-refractivity contribution in [1.29, 1.82) is 0 Å². The molecule has 0 amide bonds. The van der Waals surface area contributed by atoms with Gasteiger partial charge < -0.3 is 0 Å². The van der Waals surface area contributed by atoms with Crippen LogP contribution in [-0.4, -0.2) is 5.78 Å². The van der Waals surface area contributed by atoms with Crippen LogP contribution in [0.4, 0.5) is 25.2 Å². The summed E-state index contributed by atoms with van der Waals surface area (Å²) in [5.41, 5.74) is 1.25. The standard InChI is InChI=1S/C13H16NO.F6P/c1-11(15)12-6-5-7-13(10-12)14-8-3-2-4-9-14;1-7(2,3,4,5)6/h2-4,7-9,12H,5-6,10H2,1H3;/q+1;-1. The molecule has 1 heterocycles. The van der Waals surface area contributed by atoms with Crippen LogP contribution in [0.3, 0.4) is 0 Å². The van der Waals surface area contributed by atoms with Crippen molar-refractivity contribution >= 4 is 19.3 Å². The molecule has 0 saturated carbocycles. The van der Waals surface area contributed by atoms with Gasteiger partial charge in [0.1, 0.15) is 5.78 Å². The van der Waals surface area contributed by atoms with Crippen LogP contribution in [0.15, 0.2) is 36.7 Å². The predicted octanol–water partition coefficient (Wildman–Crippen LogP) is 5.59. The third kappa shape index (κ3) is 9.50. The second-order valence-corrected chi connectivity index (χ2v) is 6.94. The van der Waals surface area contributed by atoms with Crippen LogP contribution in [0.1, 0.15) is 26.2 Å². The van der Waals surface area contributed by atoms with Crippen molar-refractivity contribution in [2.45, 2.75) is 26.2 Å². The number of nitrogens with zero attached hydrogens (tertiary/aromatic N) is 1. The van der Waals surface area contributed by atoms with Gasteiger partial charge in [-0.3, -0.25) is 4.79 Å². The molecule has 1 aromatic heterocycles. The molecule has 1 aliphatic carbocycles. The van der Waals surface area contributed by atoms with Crippen LogP contribution >= 0.6 is 7.81 Å². The molecule has 22 heavy (non-hydrogen) atoms. The maximum absolute atomic E-state index is 11.3. The molecule has 2 rings (SSSR count). The molecule has 0 spiro atoms. The zero-order valence-electron chi connectivity index (χ0n) is 11.7. The van der Waals surface area contributed by atoms with Crippen molar-refractivity contribution in [3.8, 4) is 0 Å². The summed E-state index contributed by atoms with van der Waals surface area (Å²) in [4.78, 5) is 11.3. The number of hydrogen-bond acceptors (Lipinski definition) is 1. The van der Waals surface area contributed by atoms with E-state index in [0.29, 0.717) is 5.78 Å². The van der Waals surface area contributed by atoms with E-state index in [9.17, 15) is 30.0 Å². The Kier molecular flexibility index (Phi) is 4.78. The number of allylic oxidation sites excluding steroid dienone is 2. The molecule has 1 aromatic rings. The minimum absolute atomic E-state index is 0.220. The second kappa shape index (κ2) is 5.65. The molecular formula is C13H16F6NOP. The van der Waals surface area contributed by atoms with Gasteiger partial charge in [0, 0.05) is 24.5 Å². The van der Waals surface area contributed by atoms with E-state index in [1.165, 1.54) is 5.70 Å². The van der Waals surface area contributed by atoms with Crippen molar-refractivity contribution in [3.05, 3.63) is 36.7 Å². The Morgan fingerprint density at radius 2 is 1.59 bits per heavy atom. The molecule has 0 aromatic carbocycles. The van der Waals surface area contributed by atoms with Gasteiger partial charge in [0.25, 0.3) is 0 Å². The summed E-state index contributed by atoms with van der Waals surface area (Å²) in [5.74, 6) is 0.537. The van der Waals surface area contributed by atoms with Gasteiger partial charge in [-0.25, -0.2) is 0 Å². The SMILES string of the molecule is CC(=O)C1CCC=C([n+]2ccccc2)C1.F[P-](F)(F)(F)(F)F. The van der Waals surface area contributed by atoms with E-state index in [-0.39, 0.29) is 5.92 Å². The molecule has 9 heteroatoms. The van der Waals surface area contributed by atoms with E-state index in [4.69, 9.17) is 0 Å². The first-order chi connectivity index (χ1) is 9.72. The average molecular weight is 347 g/mol. The van der Waals surface area contributed by atoms with Crippen LogP contribution in [-0.2, 0) is 4.79 Å². The van der Waals surface area contributed by atoms with E-state index >= 15 is 0 Å². The zero-order chi connectivity index (χ0) is 17.1. The van der Waals surface area contributed by atoms with Gasteiger partial charge >= 0.3 is 33.0 Å². The van der Waals surface area contributed by atoms with Gasteiger partial charge in [-0.15, -0.1) is 0 Å². The average Bonchev–Trinajstić information content (AvgIpc) is 2.36.